The fourth-order valence-corrected chi connectivity index (χ4v) is 2.68. The summed E-state index contributed by atoms with van der Waals surface area (Å²) in [7, 11) is 1.74. The molecule has 1 rings (SSSR count). The second-order valence-electron chi connectivity index (χ2n) is 7.65. The molecule has 0 aliphatic rings. The minimum Gasteiger partial charge on any atom is -0.496 e. The van der Waals surface area contributed by atoms with Gasteiger partial charge in [-0.15, -0.1) is 0 Å². The summed E-state index contributed by atoms with van der Waals surface area (Å²) < 4.78 is 5.81. The van der Waals surface area contributed by atoms with Crippen LogP contribution in [0, 0.1) is 0 Å². The molecule has 1 N–H and O–H groups in total. The number of methoxy groups -OCH3 is 1. The van der Waals surface area contributed by atoms with Gasteiger partial charge in [-0.25, -0.2) is 0 Å². The van der Waals surface area contributed by atoms with Crippen molar-refractivity contribution in [3.05, 3.63) is 34.9 Å². The van der Waals surface area contributed by atoms with Crippen LogP contribution < -0.4 is 4.74 Å². The molecule has 0 heterocycles. The zero-order valence-corrected chi connectivity index (χ0v) is 16.2. The zero-order chi connectivity index (χ0) is 17.8. The number of aliphatic hydroxyl groups excluding tert-OH is 1. The van der Waals surface area contributed by atoms with E-state index in [0.717, 1.165) is 29.7 Å². The molecule has 0 atom stereocenters. The van der Waals surface area contributed by atoms with Gasteiger partial charge >= 0.3 is 0 Å². The van der Waals surface area contributed by atoms with Crippen LogP contribution in [0.1, 0.15) is 78.0 Å². The van der Waals surface area contributed by atoms with Crippen LogP contribution in [-0.4, -0.2) is 18.8 Å². The van der Waals surface area contributed by atoms with E-state index in [0.29, 0.717) is 0 Å². The van der Waals surface area contributed by atoms with Gasteiger partial charge in [-0.1, -0.05) is 53.7 Å². The van der Waals surface area contributed by atoms with Gasteiger partial charge in [0.15, 0.2) is 0 Å². The van der Waals surface area contributed by atoms with Crippen molar-refractivity contribution in [1.29, 1.82) is 0 Å². The highest BCUT2D eigenvalue weighted by Gasteiger charge is 2.28. The van der Waals surface area contributed by atoms with Crippen molar-refractivity contribution >= 4 is 5.57 Å². The molecule has 0 aliphatic carbocycles. The van der Waals surface area contributed by atoms with Crippen LogP contribution >= 0.6 is 0 Å². The normalized spacial score (nSPS) is 13.3. The summed E-state index contributed by atoms with van der Waals surface area (Å²) in [5, 5.41) is 9.30. The summed E-state index contributed by atoms with van der Waals surface area (Å²) in [6, 6.07) is 4.56. The van der Waals surface area contributed by atoms with Crippen molar-refractivity contribution in [3.8, 4) is 5.75 Å². The molecule has 0 aliphatic heterocycles. The molecule has 2 heteroatoms. The summed E-state index contributed by atoms with van der Waals surface area (Å²) in [6.45, 7) is 15.6. The van der Waals surface area contributed by atoms with E-state index < -0.39 is 0 Å². The zero-order valence-electron chi connectivity index (χ0n) is 16.2. The SMILES string of the molecule is CCC(C)(C)c1cc(/C(C)=C\CO)c(OC)c(C(C)(C)CC)c1. The molecule has 23 heavy (non-hydrogen) atoms. The molecule has 0 fully saturated rings. The lowest BCUT2D eigenvalue weighted by molar-refractivity contribution is 0.343. The van der Waals surface area contributed by atoms with Crippen LogP contribution in [0.15, 0.2) is 18.2 Å². The molecule has 0 unspecified atom stereocenters. The summed E-state index contributed by atoms with van der Waals surface area (Å²) in [4.78, 5) is 0. The Morgan fingerprint density at radius 3 is 2.09 bits per heavy atom. The molecule has 0 bridgehead atoms. The second kappa shape index (κ2) is 7.53. The van der Waals surface area contributed by atoms with E-state index in [2.05, 4.69) is 53.7 Å². The van der Waals surface area contributed by atoms with Gasteiger partial charge in [0.05, 0.1) is 13.7 Å². The number of hydrogen-bond donors (Lipinski definition) is 1. The largest absolute Gasteiger partial charge is 0.496 e. The average molecular weight is 319 g/mol. The maximum atomic E-state index is 9.30. The fourth-order valence-electron chi connectivity index (χ4n) is 2.68. The van der Waals surface area contributed by atoms with Crippen LogP contribution in [0.5, 0.6) is 5.75 Å². The Hall–Kier alpha value is -1.28. The van der Waals surface area contributed by atoms with E-state index >= 15 is 0 Å². The van der Waals surface area contributed by atoms with E-state index in [9.17, 15) is 5.11 Å². The van der Waals surface area contributed by atoms with Crippen molar-refractivity contribution in [2.75, 3.05) is 13.7 Å². The topological polar surface area (TPSA) is 29.5 Å². The minimum atomic E-state index is 0.0411. The predicted molar refractivity (Wildman–Crippen MR) is 100 cm³/mol. The van der Waals surface area contributed by atoms with E-state index in [1.54, 1.807) is 7.11 Å². The monoisotopic (exact) mass is 318 g/mol. The highest BCUT2D eigenvalue weighted by Crippen LogP contribution is 2.42. The lowest BCUT2D eigenvalue weighted by Gasteiger charge is -2.32. The third kappa shape index (κ3) is 4.17. The first-order valence-electron chi connectivity index (χ1n) is 8.65. The van der Waals surface area contributed by atoms with Gasteiger partial charge in [-0.05, 0) is 47.8 Å². The lowest BCUT2D eigenvalue weighted by atomic mass is 9.74. The Bertz CT molecular complexity index is 565. The van der Waals surface area contributed by atoms with Gasteiger partial charge in [0, 0.05) is 11.1 Å². The highest BCUT2D eigenvalue weighted by atomic mass is 16.5. The minimum absolute atomic E-state index is 0.0411. The van der Waals surface area contributed by atoms with E-state index in [4.69, 9.17) is 4.74 Å². The smallest absolute Gasteiger partial charge is 0.130 e. The molecular formula is C21H34O2. The molecule has 0 radical (unpaired) electrons. The molecule has 2 nitrogen and oxygen atoms in total. The standard InChI is InChI=1S/C21H34O2/c1-9-20(4,5)16-13-17(15(3)11-12-22)19(23-8)18(14-16)21(6,7)10-2/h11,13-14,22H,9-10,12H2,1-8H3/b15-11-. The maximum absolute atomic E-state index is 9.30. The number of hydrogen-bond acceptors (Lipinski definition) is 2. The number of aliphatic hydroxyl groups is 1. The van der Waals surface area contributed by atoms with Gasteiger partial charge in [-0.3, -0.25) is 0 Å². The van der Waals surface area contributed by atoms with Crippen LogP contribution in [0.3, 0.4) is 0 Å². The maximum Gasteiger partial charge on any atom is 0.130 e. The van der Waals surface area contributed by atoms with Crippen molar-refractivity contribution < 1.29 is 9.84 Å². The Balaban J connectivity index is 3.78. The van der Waals surface area contributed by atoms with Gasteiger partial charge in [0.2, 0.25) is 0 Å². The van der Waals surface area contributed by atoms with Crippen molar-refractivity contribution in [1.82, 2.24) is 0 Å². The Morgan fingerprint density at radius 1 is 1.09 bits per heavy atom. The van der Waals surface area contributed by atoms with E-state index in [1.165, 1.54) is 11.1 Å². The quantitative estimate of drug-likeness (QED) is 0.722. The molecule has 1 aromatic rings. The first-order valence-corrected chi connectivity index (χ1v) is 8.65. The summed E-state index contributed by atoms with van der Waals surface area (Å²) in [6.07, 6.45) is 3.97. The van der Waals surface area contributed by atoms with Crippen LogP contribution in [0.25, 0.3) is 5.57 Å². The van der Waals surface area contributed by atoms with Crippen molar-refractivity contribution in [3.63, 3.8) is 0 Å². The number of ether oxygens (including phenoxy) is 1. The summed E-state index contributed by atoms with van der Waals surface area (Å²) >= 11 is 0. The molecule has 0 saturated heterocycles. The van der Waals surface area contributed by atoms with Gasteiger partial charge in [-0.2, -0.15) is 0 Å². The molecule has 0 spiro atoms. The molecule has 0 aromatic heterocycles. The number of rotatable bonds is 7. The van der Waals surface area contributed by atoms with Gasteiger partial charge < -0.3 is 9.84 Å². The number of benzene rings is 1. The molecule has 0 amide bonds. The fraction of sp³-hybridized carbons (Fsp3) is 0.619. The average Bonchev–Trinajstić information content (AvgIpc) is 2.53. The van der Waals surface area contributed by atoms with E-state index in [-0.39, 0.29) is 17.4 Å². The molecule has 0 saturated carbocycles. The van der Waals surface area contributed by atoms with Gasteiger partial charge in [0.1, 0.15) is 5.75 Å². The van der Waals surface area contributed by atoms with Crippen molar-refractivity contribution in [2.45, 2.75) is 72.1 Å². The molecule has 130 valence electrons. The number of allylic oxidation sites excluding steroid dienone is 1. The van der Waals surface area contributed by atoms with Crippen LogP contribution in [-0.2, 0) is 10.8 Å². The summed E-state index contributed by atoms with van der Waals surface area (Å²) in [5.41, 5.74) is 4.89. The second-order valence-corrected chi connectivity index (χ2v) is 7.65. The van der Waals surface area contributed by atoms with Crippen LogP contribution in [0.4, 0.5) is 0 Å². The van der Waals surface area contributed by atoms with Gasteiger partial charge in [0.25, 0.3) is 0 Å². The van der Waals surface area contributed by atoms with Crippen molar-refractivity contribution in [2.24, 2.45) is 0 Å². The molecule has 1 aromatic carbocycles. The highest BCUT2D eigenvalue weighted by molar-refractivity contribution is 5.72. The Labute approximate surface area is 142 Å². The Kier molecular flexibility index (Phi) is 6.47. The van der Waals surface area contributed by atoms with Crippen LogP contribution in [0.2, 0.25) is 0 Å². The first kappa shape index (κ1) is 19.8. The third-order valence-corrected chi connectivity index (χ3v) is 5.39. The third-order valence-electron chi connectivity index (χ3n) is 5.39. The first-order chi connectivity index (χ1) is 10.6. The molecular weight excluding hydrogens is 284 g/mol. The Morgan fingerprint density at radius 2 is 1.65 bits per heavy atom. The van der Waals surface area contributed by atoms with E-state index in [1.807, 2.05) is 13.0 Å². The lowest BCUT2D eigenvalue weighted by Crippen LogP contribution is -2.22. The predicted octanol–water partition coefficient (Wildman–Crippen LogP) is 5.47. The summed E-state index contributed by atoms with van der Waals surface area (Å²) in [5.74, 6) is 0.940.